The van der Waals surface area contributed by atoms with Gasteiger partial charge in [0.25, 0.3) is 11.8 Å². The Hall–Kier alpha value is -2.38. The number of hydrogen-bond donors (Lipinski definition) is 0. The molecule has 8 heteroatoms. The van der Waals surface area contributed by atoms with Gasteiger partial charge in [0, 0.05) is 12.0 Å². The molecule has 0 aliphatic carbocycles. The third-order valence-electron chi connectivity index (χ3n) is 4.23. The van der Waals surface area contributed by atoms with Crippen molar-refractivity contribution in [3.05, 3.63) is 47.3 Å². The van der Waals surface area contributed by atoms with Crippen molar-refractivity contribution >= 4 is 5.91 Å². The predicted molar refractivity (Wildman–Crippen MR) is 73.7 cm³/mol. The Kier molecular flexibility index (Phi) is 2.97. The van der Waals surface area contributed by atoms with Crippen LogP contribution in [0.15, 0.2) is 24.3 Å². The van der Waals surface area contributed by atoms with Crippen LogP contribution in [0.4, 0.5) is 13.2 Å². The molecule has 120 valence electrons. The van der Waals surface area contributed by atoms with Crippen LogP contribution in [0, 0.1) is 5.82 Å². The predicted octanol–water partition coefficient (Wildman–Crippen LogP) is 2.04. The van der Waals surface area contributed by atoms with E-state index in [2.05, 4.69) is 10.1 Å². The summed E-state index contributed by atoms with van der Waals surface area (Å²) in [6.45, 7) is -1.21. The Morgan fingerprint density at radius 3 is 2.70 bits per heavy atom. The summed E-state index contributed by atoms with van der Waals surface area (Å²) in [5.41, 5.74) is 0.491. The zero-order valence-electron chi connectivity index (χ0n) is 12.0. The van der Waals surface area contributed by atoms with Gasteiger partial charge >= 0.3 is 0 Å². The van der Waals surface area contributed by atoms with Crippen LogP contribution in [0.2, 0.25) is 0 Å². The minimum absolute atomic E-state index is 0.100. The van der Waals surface area contributed by atoms with Gasteiger partial charge in [0.1, 0.15) is 11.6 Å². The quantitative estimate of drug-likeness (QED) is 0.850. The maximum absolute atomic E-state index is 14.0. The molecule has 0 bridgehead atoms. The molecule has 0 spiro atoms. The van der Waals surface area contributed by atoms with Gasteiger partial charge in [-0.1, -0.05) is 18.2 Å². The van der Waals surface area contributed by atoms with Crippen LogP contribution in [0.25, 0.3) is 0 Å². The van der Waals surface area contributed by atoms with E-state index in [1.807, 2.05) is 0 Å². The van der Waals surface area contributed by atoms with Gasteiger partial charge < -0.3 is 4.90 Å². The van der Waals surface area contributed by atoms with Crippen molar-refractivity contribution in [3.63, 3.8) is 0 Å². The van der Waals surface area contributed by atoms with Gasteiger partial charge in [-0.3, -0.25) is 4.79 Å². The summed E-state index contributed by atoms with van der Waals surface area (Å²) in [7, 11) is 0. The van der Waals surface area contributed by atoms with E-state index in [9.17, 15) is 18.0 Å². The number of carbonyl (C=O) groups excluding carboxylic acids is 1. The summed E-state index contributed by atoms with van der Waals surface area (Å²) >= 11 is 0. The zero-order valence-corrected chi connectivity index (χ0v) is 12.0. The molecule has 3 heterocycles. The number of aromatic nitrogens is 3. The number of aryl methyl sites for hydroxylation is 1. The summed E-state index contributed by atoms with van der Waals surface area (Å²) in [6, 6.07) is 6.07. The molecule has 0 unspecified atom stereocenters. The second-order valence-electron chi connectivity index (χ2n) is 5.89. The summed E-state index contributed by atoms with van der Waals surface area (Å²) in [4.78, 5) is 17.3. The van der Waals surface area contributed by atoms with E-state index in [0.717, 1.165) is 4.90 Å². The van der Waals surface area contributed by atoms with Crippen LogP contribution >= 0.6 is 0 Å². The van der Waals surface area contributed by atoms with Crippen LogP contribution < -0.4 is 0 Å². The lowest BCUT2D eigenvalue weighted by Crippen LogP contribution is -2.58. The molecule has 1 aromatic heterocycles. The highest BCUT2D eigenvalue weighted by Crippen LogP contribution is 2.32. The van der Waals surface area contributed by atoms with E-state index in [4.69, 9.17) is 0 Å². The largest absolute Gasteiger partial charge is 0.324 e. The average Bonchev–Trinajstić information content (AvgIpc) is 3.05. The van der Waals surface area contributed by atoms with E-state index in [0.29, 0.717) is 24.2 Å². The van der Waals surface area contributed by atoms with E-state index in [1.165, 1.54) is 10.7 Å². The molecule has 1 atom stereocenters. The topological polar surface area (TPSA) is 51.0 Å². The number of alkyl halides is 2. The number of amides is 1. The van der Waals surface area contributed by atoms with Gasteiger partial charge in [-0.05, 0) is 12.5 Å². The molecule has 2 aliphatic heterocycles. The van der Waals surface area contributed by atoms with Crippen molar-refractivity contribution in [1.29, 1.82) is 0 Å². The first-order valence-electron chi connectivity index (χ1n) is 7.31. The monoisotopic (exact) mass is 322 g/mol. The molecule has 0 radical (unpaired) electrons. The van der Waals surface area contributed by atoms with E-state index in [-0.39, 0.29) is 17.7 Å². The SMILES string of the molecule is O=C(c1nc2n(n1)[C@@H](c1ccccc1F)CC2)N1CC(F)(F)C1. The first-order valence-corrected chi connectivity index (χ1v) is 7.31. The van der Waals surface area contributed by atoms with Gasteiger partial charge in [-0.15, -0.1) is 5.10 Å². The second-order valence-corrected chi connectivity index (χ2v) is 5.89. The van der Waals surface area contributed by atoms with Crippen molar-refractivity contribution in [1.82, 2.24) is 19.7 Å². The number of rotatable bonds is 2. The Bertz CT molecular complexity index is 781. The van der Waals surface area contributed by atoms with Gasteiger partial charge in [0.05, 0.1) is 19.1 Å². The van der Waals surface area contributed by atoms with Crippen LogP contribution in [0.5, 0.6) is 0 Å². The molecule has 0 N–H and O–H groups in total. The fourth-order valence-corrected chi connectivity index (χ4v) is 3.08. The van der Waals surface area contributed by atoms with Crippen LogP contribution in [-0.2, 0) is 6.42 Å². The second kappa shape index (κ2) is 4.81. The van der Waals surface area contributed by atoms with Gasteiger partial charge in [-0.25, -0.2) is 22.8 Å². The summed E-state index contributed by atoms with van der Waals surface area (Å²) in [5.74, 6) is -3.29. The zero-order chi connectivity index (χ0) is 16.2. The molecular weight excluding hydrogens is 309 g/mol. The Morgan fingerprint density at radius 2 is 2.00 bits per heavy atom. The first kappa shape index (κ1) is 14.2. The summed E-state index contributed by atoms with van der Waals surface area (Å²) < 4.78 is 41.2. The van der Waals surface area contributed by atoms with Crippen molar-refractivity contribution < 1.29 is 18.0 Å². The van der Waals surface area contributed by atoms with Crippen molar-refractivity contribution in [2.45, 2.75) is 24.8 Å². The molecule has 1 amide bonds. The number of halogens is 3. The maximum Gasteiger partial charge on any atom is 0.293 e. The van der Waals surface area contributed by atoms with E-state index >= 15 is 0 Å². The van der Waals surface area contributed by atoms with Crippen LogP contribution in [-0.4, -0.2) is 44.6 Å². The lowest BCUT2D eigenvalue weighted by Gasteiger charge is -2.37. The molecule has 2 aliphatic rings. The van der Waals surface area contributed by atoms with Crippen LogP contribution in [0.3, 0.4) is 0 Å². The third kappa shape index (κ3) is 2.29. The molecule has 2 aromatic rings. The first-order chi connectivity index (χ1) is 10.9. The van der Waals surface area contributed by atoms with E-state index < -0.39 is 24.9 Å². The highest BCUT2D eigenvalue weighted by atomic mass is 19.3. The highest BCUT2D eigenvalue weighted by molar-refractivity contribution is 5.91. The molecule has 0 saturated carbocycles. The summed E-state index contributed by atoms with van der Waals surface area (Å²) in [6.07, 6.45) is 1.21. The fraction of sp³-hybridized carbons (Fsp3) is 0.400. The standard InChI is InChI=1S/C15H13F3N4O/c16-10-4-2-1-3-9(10)11-5-6-12-19-13(20-22(11)12)14(23)21-7-15(17,18)8-21/h1-4,11H,5-8H2/t11-/m1/s1. The minimum Gasteiger partial charge on any atom is -0.324 e. The van der Waals surface area contributed by atoms with Gasteiger partial charge in [-0.2, -0.15) is 0 Å². The van der Waals surface area contributed by atoms with Crippen molar-refractivity contribution in [3.8, 4) is 0 Å². The number of likely N-dealkylation sites (tertiary alicyclic amines) is 1. The molecule has 1 fully saturated rings. The molecule has 1 aromatic carbocycles. The van der Waals surface area contributed by atoms with Crippen molar-refractivity contribution in [2.75, 3.05) is 13.1 Å². The Balaban J connectivity index is 1.60. The molecule has 5 nitrogen and oxygen atoms in total. The minimum atomic E-state index is -2.83. The number of nitrogens with zero attached hydrogens (tertiary/aromatic N) is 4. The summed E-state index contributed by atoms with van der Waals surface area (Å²) in [5, 5.41) is 4.14. The maximum atomic E-state index is 14.0. The van der Waals surface area contributed by atoms with Gasteiger partial charge in [0.2, 0.25) is 5.82 Å². The average molecular weight is 322 g/mol. The molecule has 4 rings (SSSR count). The lowest BCUT2D eigenvalue weighted by atomic mass is 10.0. The molecule has 1 saturated heterocycles. The van der Waals surface area contributed by atoms with Crippen LogP contribution in [0.1, 0.15) is 34.5 Å². The fourth-order valence-electron chi connectivity index (χ4n) is 3.08. The van der Waals surface area contributed by atoms with E-state index in [1.54, 1.807) is 18.2 Å². The lowest BCUT2D eigenvalue weighted by molar-refractivity contribution is -0.113. The number of benzene rings is 1. The third-order valence-corrected chi connectivity index (χ3v) is 4.23. The van der Waals surface area contributed by atoms with Crippen molar-refractivity contribution in [2.24, 2.45) is 0 Å². The smallest absolute Gasteiger partial charge is 0.293 e. The number of hydrogen-bond acceptors (Lipinski definition) is 3. The normalized spacial score (nSPS) is 21.9. The number of carbonyl (C=O) groups is 1. The Labute approximate surface area is 129 Å². The van der Waals surface area contributed by atoms with Gasteiger partial charge in [0.15, 0.2) is 0 Å². The number of fused-ring (bicyclic) bond motifs is 1. The molecular formula is C15H13F3N4O. The Morgan fingerprint density at radius 1 is 1.26 bits per heavy atom. The molecule has 23 heavy (non-hydrogen) atoms. The highest BCUT2D eigenvalue weighted by Gasteiger charge is 2.47.